The van der Waals surface area contributed by atoms with E-state index in [1.165, 1.54) is 0 Å². The average molecular weight is 265 g/mol. The van der Waals surface area contributed by atoms with E-state index in [0.29, 0.717) is 32.7 Å². The van der Waals surface area contributed by atoms with E-state index >= 15 is 0 Å². The molecular formula is C13H13F2N3O. The third-order valence-electron chi connectivity index (χ3n) is 3.06. The van der Waals surface area contributed by atoms with Crippen LogP contribution in [0.25, 0.3) is 0 Å². The van der Waals surface area contributed by atoms with Gasteiger partial charge in [0.1, 0.15) is 11.6 Å². The van der Waals surface area contributed by atoms with E-state index in [2.05, 4.69) is 6.07 Å². The van der Waals surface area contributed by atoms with E-state index in [-0.39, 0.29) is 11.5 Å². The highest BCUT2D eigenvalue weighted by Gasteiger charge is 2.22. The topological polar surface area (TPSA) is 47.3 Å². The van der Waals surface area contributed by atoms with Crippen molar-refractivity contribution in [1.29, 1.82) is 5.26 Å². The van der Waals surface area contributed by atoms with Crippen molar-refractivity contribution in [2.24, 2.45) is 0 Å². The Kier molecular flexibility index (Phi) is 4.07. The van der Waals surface area contributed by atoms with Gasteiger partial charge in [0.15, 0.2) is 0 Å². The summed E-state index contributed by atoms with van der Waals surface area (Å²) < 4.78 is 26.1. The molecule has 0 bridgehead atoms. The highest BCUT2D eigenvalue weighted by molar-refractivity contribution is 5.94. The Morgan fingerprint density at radius 3 is 2.26 bits per heavy atom. The van der Waals surface area contributed by atoms with Crippen LogP contribution < -0.4 is 0 Å². The number of rotatable bonds is 2. The molecule has 0 aromatic heterocycles. The highest BCUT2D eigenvalue weighted by Crippen LogP contribution is 2.12. The van der Waals surface area contributed by atoms with Crippen LogP contribution in [0.3, 0.4) is 0 Å². The fourth-order valence-corrected chi connectivity index (χ4v) is 2.07. The fraction of sp³-hybridized carbons (Fsp3) is 0.385. The molecule has 100 valence electrons. The number of benzene rings is 1. The van der Waals surface area contributed by atoms with Crippen molar-refractivity contribution in [1.82, 2.24) is 9.80 Å². The Morgan fingerprint density at radius 2 is 1.74 bits per heavy atom. The van der Waals surface area contributed by atoms with Gasteiger partial charge in [-0.3, -0.25) is 9.69 Å². The first kappa shape index (κ1) is 13.4. The normalized spacial score (nSPS) is 16.2. The third-order valence-corrected chi connectivity index (χ3v) is 3.06. The van der Waals surface area contributed by atoms with Crippen molar-refractivity contribution in [2.75, 3.05) is 32.7 Å². The van der Waals surface area contributed by atoms with E-state index in [4.69, 9.17) is 5.26 Å². The Morgan fingerprint density at radius 1 is 1.16 bits per heavy atom. The van der Waals surface area contributed by atoms with Crippen LogP contribution in [-0.2, 0) is 0 Å². The number of nitriles is 1. The molecule has 1 saturated heterocycles. The van der Waals surface area contributed by atoms with Crippen molar-refractivity contribution in [3.05, 3.63) is 35.4 Å². The molecule has 0 atom stereocenters. The zero-order chi connectivity index (χ0) is 13.8. The van der Waals surface area contributed by atoms with Gasteiger partial charge in [0.2, 0.25) is 0 Å². The Hall–Kier alpha value is -2.00. The molecule has 1 aromatic rings. The number of amides is 1. The largest absolute Gasteiger partial charge is 0.336 e. The summed E-state index contributed by atoms with van der Waals surface area (Å²) in [5, 5.41) is 8.58. The second-order valence-electron chi connectivity index (χ2n) is 4.38. The molecule has 2 rings (SSSR count). The molecule has 6 heteroatoms. The van der Waals surface area contributed by atoms with Crippen LogP contribution in [0.4, 0.5) is 8.78 Å². The van der Waals surface area contributed by atoms with Gasteiger partial charge in [-0.2, -0.15) is 5.26 Å². The van der Waals surface area contributed by atoms with E-state index in [9.17, 15) is 13.6 Å². The lowest BCUT2D eigenvalue weighted by Crippen LogP contribution is -2.48. The van der Waals surface area contributed by atoms with Crippen molar-refractivity contribution >= 4 is 5.91 Å². The van der Waals surface area contributed by atoms with Gasteiger partial charge in [0, 0.05) is 37.8 Å². The van der Waals surface area contributed by atoms with Crippen LogP contribution >= 0.6 is 0 Å². The molecular weight excluding hydrogens is 252 g/mol. The molecule has 0 N–H and O–H groups in total. The van der Waals surface area contributed by atoms with Gasteiger partial charge in [-0.1, -0.05) is 0 Å². The molecule has 0 radical (unpaired) electrons. The minimum atomic E-state index is -0.758. The predicted molar refractivity (Wildman–Crippen MR) is 64.3 cm³/mol. The molecule has 1 fully saturated rings. The van der Waals surface area contributed by atoms with Gasteiger partial charge >= 0.3 is 0 Å². The molecule has 1 aromatic carbocycles. The maximum absolute atomic E-state index is 13.1. The molecule has 1 amide bonds. The van der Waals surface area contributed by atoms with Gasteiger partial charge < -0.3 is 4.90 Å². The molecule has 0 saturated carbocycles. The summed E-state index contributed by atoms with van der Waals surface area (Å²) in [5.41, 5.74) is 0.0197. The number of halogens is 2. The lowest BCUT2D eigenvalue weighted by molar-refractivity contribution is 0.0651. The summed E-state index contributed by atoms with van der Waals surface area (Å²) in [7, 11) is 0. The second kappa shape index (κ2) is 5.76. The number of piperazine rings is 1. The molecule has 0 aliphatic carbocycles. The summed E-state index contributed by atoms with van der Waals surface area (Å²) in [5.74, 6) is -1.90. The standard InChI is InChI=1S/C13H13F2N3O/c14-11-7-10(8-12(15)9-11)13(19)18-5-3-17(2-1-16)4-6-18/h7-9H,2-6H2. The first-order chi connectivity index (χ1) is 9.10. The van der Waals surface area contributed by atoms with E-state index in [0.717, 1.165) is 18.2 Å². The van der Waals surface area contributed by atoms with Crippen molar-refractivity contribution in [3.63, 3.8) is 0 Å². The van der Waals surface area contributed by atoms with Crippen LogP contribution in [0.1, 0.15) is 10.4 Å². The van der Waals surface area contributed by atoms with Crippen LogP contribution in [0, 0.1) is 23.0 Å². The number of nitrogens with zero attached hydrogens (tertiary/aromatic N) is 3. The summed E-state index contributed by atoms with van der Waals surface area (Å²) in [4.78, 5) is 15.5. The van der Waals surface area contributed by atoms with Crippen molar-refractivity contribution in [2.45, 2.75) is 0 Å². The molecule has 1 aliphatic rings. The zero-order valence-electron chi connectivity index (χ0n) is 10.3. The Bertz CT molecular complexity index is 499. The van der Waals surface area contributed by atoms with Gasteiger partial charge in [-0.05, 0) is 12.1 Å². The quantitative estimate of drug-likeness (QED) is 0.756. The highest BCUT2D eigenvalue weighted by atomic mass is 19.1. The first-order valence-corrected chi connectivity index (χ1v) is 5.95. The van der Waals surface area contributed by atoms with Crippen LogP contribution in [0.5, 0.6) is 0 Å². The fourth-order valence-electron chi connectivity index (χ4n) is 2.07. The Balaban J connectivity index is 2.03. The zero-order valence-corrected chi connectivity index (χ0v) is 10.3. The molecule has 19 heavy (non-hydrogen) atoms. The van der Waals surface area contributed by atoms with Gasteiger partial charge in [-0.25, -0.2) is 8.78 Å². The molecule has 0 unspecified atom stereocenters. The van der Waals surface area contributed by atoms with Gasteiger partial charge in [0.05, 0.1) is 12.6 Å². The minimum absolute atomic E-state index is 0.0197. The van der Waals surface area contributed by atoms with E-state index < -0.39 is 11.6 Å². The molecule has 0 spiro atoms. The lowest BCUT2D eigenvalue weighted by atomic mass is 10.1. The number of hydrogen-bond donors (Lipinski definition) is 0. The van der Waals surface area contributed by atoms with E-state index in [1.807, 2.05) is 4.90 Å². The maximum Gasteiger partial charge on any atom is 0.254 e. The Labute approximate surface area is 109 Å². The monoisotopic (exact) mass is 265 g/mol. The summed E-state index contributed by atoms with van der Waals surface area (Å²) in [6.07, 6.45) is 0. The van der Waals surface area contributed by atoms with Gasteiger partial charge in [0.25, 0.3) is 5.91 Å². The summed E-state index contributed by atoms with van der Waals surface area (Å²) in [6, 6.07) is 4.86. The number of hydrogen-bond acceptors (Lipinski definition) is 3. The van der Waals surface area contributed by atoms with Crippen LogP contribution in [-0.4, -0.2) is 48.4 Å². The van der Waals surface area contributed by atoms with Crippen molar-refractivity contribution < 1.29 is 13.6 Å². The minimum Gasteiger partial charge on any atom is -0.336 e. The summed E-state index contributed by atoms with van der Waals surface area (Å²) in [6.45, 7) is 2.43. The molecule has 1 aliphatic heterocycles. The SMILES string of the molecule is N#CCN1CCN(C(=O)c2cc(F)cc(F)c2)CC1. The number of carbonyl (C=O) groups excluding carboxylic acids is 1. The molecule has 4 nitrogen and oxygen atoms in total. The van der Waals surface area contributed by atoms with Crippen molar-refractivity contribution in [3.8, 4) is 6.07 Å². The number of carbonyl (C=O) groups is 1. The van der Waals surface area contributed by atoms with E-state index in [1.54, 1.807) is 4.90 Å². The third kappa shape index (κ3) is 3.26. The smallest absolute Gasteiger partial charge is 0.254 e. The predicted octanol–water partition coefficient (Wildman–Crippen LogP) is 1.25. The lowest BCUT2D eigenvalue weighted by Gasteiger charge is -2.33. The average Bonchev–Trinajstić information content (AvgIpc) is 2.38. The second-order valence-corrected chi connectivity index (χ2v) is 4.38. The first-order valence-electron chi connectivity index (χ1n) is 5.95. The summed E-state index contributed by atoms with van der Waals surface area (Å²) >= 11 is 0. The van der Waals surface area contributed by atoms with Gasteiger partial charge in [-0.15, -0.1) is 0 Å². The van der Waals surface area contributed by atoms with Crippen LogP contribution in [0.15, 0.2) is 18.2 Å². The maximum atomic E-state index is 13.1. The van der Waals surface area contributed by atoms with Crippen LogP contribution in [0.2, 0.25) is 0 Å². The molecule has 1 heterocycles.